The summed E-state index contributed by atoms with van der Waals surface area (Å²) in [5.74, 6) is 1.19. The SMILES string of the molecule is COc1ccc2c(c1)COC1CC(=O)CCC([Si](C)(C)C)=C21. The first-order chi connectivity index (χ1) is 10.4. The van der Waals surface area contributed by atoms with Gasteiger partial charge in [0.05, 0.1) is 27.9 Å². The van der Waals surface area contributed by atoms with Crippen LogP contribution in [0.4, 0.5) is 0 Å². The summed E-state index contributed by atoms with van der Waals surface area (Å²) in [5.41, 5.74) is 3.74. The molecule has 22 heavy (non-hydrogen) atoms. The second-order valence-corrected chi connectivity index (χ2v) is 12.3. The predicted octanol–water partition coefficient (Wildman–Crippen LogP) is 3.98. The highest BCUT2D eigenvalue weighted by Gasteiger charge is 2.35. The zero-order valence-corrected chi connectivity index (χ0v) is 14.9. The maximum absolute atomic E-state index is 12.1. The van der Waals surface area contributed by atoms with Crippen LogP contribution in [0.2, 0.25) is 19.6 Å². The Balaban J connectivity index is 2.18. The van der Waals surface area contributed by atoms with E-state index >= 15 is 0 Å². The minimum absolute atomic E-state index is 0.0578. The van der Waals surface area contributed by atoms with Crippen LogP contribution in [0.15, 0.2) is 23.4 Å². The minimum atomic E-state index is -1.50. The molecular weight excluding hydrogens is 292 g/mol. The summed E-state index contributed by atoms with van der Waals surface area (Å²) < 4.78 is 11.4. The van der Waals surface area contributed by atoms with Crippen molar-refractivity contribution >= 4 is 19.4 Å². The fourth-order valence-electron chi connectivity index (χ4n) is 3.53. The van der Waals surface area contributed by atoms with E-state index in [2.05, 4.69) is 31.8 Å². The molecule has 2 aliphatic rings. The molecule has 4 heteroatoms. The summed E-state index contributed by atoms with van der Waals surface area (Å²) in [5, 5.41) is 1.49. The Morgan fingerprint density at radius 1 is 1.23 bits per heavy atom. The van der Waals surface area contributed by atoms with Crippen LogP contribution in [0.25, 0.3) is 5.57 Å². The molecule has 1 aliphatic heterocycles. The van der Waals surface area contributed by atoms with E-state index in [0.717, 1.165) is 12.2 Å². The van der Waals surface area contributed by atoms with Gasteiger partial charge in [0.1, 0.15) is 11.5 Å². The Hall–Kier alpha value is -1.39. The normalized spacial score (nSPS) is 22.0. The third kappa shape index (κ3) is 2.77. The quantitative estimate of drug-likeness (QED) is 0.774. The molecule has 0 saturated heterocycles. The molecule has 0 radical (unpaired) electrons. The Morgan fingerprint density at radius 3 is 2.68 bits per heavy atom. The Morgan fingerprint density at radius 2 is 2.00 bits per heavy atom. The molecular formula is C18H24O3Si. The zero-order valence-electron chi connectivity index (χ0n) is 13.9. The largest absolute Gasteiger partial charge is 0.497 e. The number of ether oxygens (including phenoxy) is 2. The first-order valence-electron chi connectivity index (χ1n) is 7.94. The van der Waals surface area contributed by atoms with Gasteiger partial charge in [-0.2, -0.15) is 0 Å². The summed E-state index contributed by atoms with van der Waals surface area (Å²) >= 11 is 0. The van der Waals surface area contributed by atoms with Crippen LogP contribution in [0.1, 0.15) is 30.4 Å². The van der Waals surface area contributed by atoms with Gasteiger partial charge in [0, 0.05) is 12.8 Å². The molecule has 0 bridgehead atoms. The lowest BCUT2D eigenvalue weighted by Gasteiger charge is -2.33. The molecule has 1 atom stereocenters. The van der Waals surface area contributed by atoms with Gasteiger partial charge in [-0.05, 0) is 35.3 Å². The summed E-state index contributed by atoms with van der Waals surface area (Å²) in [6.07, 6.45) is 2.02. The highest BCUT2D eigenvalue weighted by Crippen LogP contribution is 2.42. The summed E-state index contributed by atoms with van der Waals surface area (Å²) in [7, 11) is 0.185. The van der Waals surface area contributed by atoms with Crippen LogP contribution < -0.4 is 4.74 Å². The maximum atomic E-state index is 12.1. The van der Waals surface area contributed by atoms with Gasteiger partial charge in [0.15, 0.2) is 0 Å². The Labute approximate surface area is 133 Å². The van der Waals surface area contributed by atoms with Gasteiger partial charge in [0.25, 0.3) is 0 Å². The van der Waals surface area contributed by atoms with Crippen molar-refractivity contribution in [3.63, 3.8) is 0 Å². The van der Waals surface area contributed by atoms with Crippen molar-refractivity contribution in [2.45, 2.75) is 51.6 Å². The van der Waals surface area contributed by atoms with Gasteiger partial charge in [-0.1, -0.05) is 30.9 Å². The Bertz CT molecular complexity index is 640. The number of hydrogen-bond acceptors (Lipinski definition) is 3. The topological polar surface area (TPSA) is 35.5 Å². The second kappa shape index (κ2) is 5.67. The van der Waals surface area contributed by atoms with Gasteiger partial charge in [-0.15, -0.1) is 0 Å². The van der Waals surface area contributed by atoms with Crippen molar-refractivity contribution in [1.29, 1.82) is 0 Å². The van der Waals surface area contributed by atoms with Gasteiger partial charge in [0.2, 0.25) is 0 Å². The maximum Gasteiger partial charge on any atom is 0.136 e. The van der Waals surface area contributed by atoms with Crippen LogP contribution >= 0.6 is 0 Å². The van der Waals surface area contributed by atoms with Gasteiger partial charge >= 0.3 is 0 Å². The fraction of sp³-hybridized carbons (Fsp3) is 0.500. The average Bonchev–Trinajstić information content (AvgIpc) is 2.64. The molecule has 118 valence electrons. The number of allylic oxidation sites excluding steroid dienone is 1. The van der Waals surface area contributed by atoms with Gasteiger partial charge in [-0.25, -0.2) is 0 Å². The zero-order chi connectivity index (χ0) is 15.9. The van der Waals surface area contributed by atoms with E-state index in [1.54, 1.807) is 7.11 Å². The van der Waals surface area contributed by atoms with E-state index in [0.29, 0.717) is 25.2 Å². The molecule has 3 nitrogen and oxygen atoms in total. The van der Waals surface area contributed by atoms with Crippen molar-refractivity contribution < 1.29 is 14.3 Å². The van der Waals surface area contributed by atoms with Crippen LogP contribution in [0, 0.1) is 0 Å². The van der Waals surface area contributed by atoms with E-state index in [1.165, 1.54) is 21.9 Å². The number of hydrogen-bond donors (Lipinski definition) is 0. The van der Waals surface area contributed by atoms with E-state index in [-0.39, 0.29) is 6.10 Å². The standard InChI is InChI=1S/C18H24O3Si/c1-20-14-6-7-15-12(9-14)11-21-16-10-13(19)5-8-17(18(15)16)22(2,3)4/h6-7,9,16H,5,8,10-11H2,1-4H3. The molecule has 0 aromatic heterocycles. The first kappa shape index (κ1) is 15.5. The number of methoxy groups -OCH3 is 1. The van der Waals surface area contributed by atoms with E-state index in [4.69, 9.17) is 9.47 Å². The van der Waals surface area contributed by atoms with Gasteiger partial charge in [-0.3, -0.25) is 4.79 Å². The molecule has 1 unspecified atom stereocenters. The molecule has 1 aromatic carbocycles. The van der Waals surface area contributed by atoms with Crippen molar-refractivity contribution in [3.8, 4) is 5.75 Å². The molecule has 1 aliphatic carbocycles. The third-order valence-corrected chi connectivity index (χ3v) is 6.99. The first-order valence-corrected chi connectivity index (χ1v) is 11.4. The second-order valence-electron chi connectivity index (χ2n) is 7.21. The minimum Gasteiger partial charge on any atom is -0.497 e. The molecule has 0 saturated carbocycles. The third-order valence-electron chi connectivity index (χ3n) is 4.66. The monoisotopic (exact) mass is 316 g/mol. The summed E-state index contributed by atoms with van der Waals surface area (Å²) in [6.45, 7) is 7.65. The Kier molecular flexibility index (Phi) is 3.99. The lowest BCUT2D eigenvalue weighted by Crippen LogP contribution is -2.30. The number of fused-ring (bicyclic) bond motifs is 3. The predicted molar refractivity (Wildman–Crippen MR) is 90.7 cm³/mol. The number of carbonyl (C=O) groups is 1. The van der Waals surface area contributed by atoms with Crippen LogP contribution in [0.5, 0.6) is 5.75 Å². The summed E-state index contributed by atoms with van der Waals surface area (Å²) in [6, 6.07) is 6.23. The lowest BCUT2D eigenvalue weighted by molar-refractivity contribution is -0.121. The van der Waals surface area contributed by atoms with Crippen molar-refractivity contribution in [2.24, 2.45) is 0 Å². The van der Waals surface area contributed by atoms with E-state index in [9.17, 15) is 4.79 Å². The van der Waals surface area contributed by atoms with Crippen molar-refractivity contribution in [3.05, 3.63) is 34.5 Å². The van der Waals surface area contributed by atoms with Crippen LogP contribution in [0.3, 0.4) is 0 Å². The molecule has 0 amide bonds. The van der Waals surface area contributed by atoms with Crippen molar-refractivity contribution in [2.75, 3.05) is 7.11 Å². The number of Topliss-reactive ketones (excluding diaryl/α,β-unsaturated/α-hetero) is 1. The molecule has 1 aromatic rings. The number of rotatable bonds is 2. The van der Waals surface area contributed by atoms with Crippen LogP contribution in [-0.2, 0) is 16.1 Å². The number of carbonyl (C=O) groups excluding carboxylic acids is 1. The summed E-state index contributed by atoms with van der Waals surface area (Å²) in [4.78, 5) is 12.1. The lowest BCUT2D eigenvalue weighted by atomic mass is 9.91. The molecule has 0 spiro atoms. The molecule has 0 fully saturated rings. The van der Waals surface area contributed by atoms with E-state index in [1.807, 2.05) is 6.07 Å². The fourth-order valence-corrected chi connectivity index (χ4v) is 5.51. The highest BCUT2D eigenvalue weighted by molar-refractivity contribution is 6.84. The number of ketones is 1. The van der Waals surface area contributed by atoms with Crippen LogP contribution in [-0.4, -0.2) is 27.1 Å². The number of benzene rings is 1. The molecule has 1 heterocycles. The van der Waals surface area contributed by atoms with E-state index < -0.39 is 8.07 Å². The molecule has 3 rings (SSSR count). The van der Waals surface area contributed by atoms with Crippen molar-refractivity contribution in [1.82, 2.24) is 0 Å². The smallest absolute Gasteiger partial charge is 0.136 e. The molecule has 0 N–H and O–H groups in total. The highest BCUT2D eigenvalue weighted by atomic mass is 28.3. The van der Waals surface area contributed by atoms with Gasteiger partial charge < -0.3 is 9.47 Å². The average molecular weight is 316 g/mol.